The highest BCUT2D eigenvalue weighted by atomic mass is 16.3. The zero-order valence-corrected chi connectivity index (χ0v) is 12.2. The Kier molecular flexibility index (Phi) is 5.64. The molecular formula is C15H28N2O2. The minimum absolute atomic E-state index is 0.183. The van der Waals surface area contributed by atoms with E-state index < -0.39 is 0 Å². The highest BCUT2D eigenvalue weighted by Gasteiger charge is 2.27. The van der Waals surface area contributed by atoms with Crippen LogP contribution in [0.5, 0.6) is 0 Å². The van der Waals surface area contributed by atoms with Crippen molar-refractivity contribution in [1.29, 1.82) is 0 Å². The molecule has 2 aliphatic rings. The third kappa shape index (κ3) is 3.93. The van der Waals surface area contributed by atoms with Crippen molar-refractivity contribution in [2.45, 2.75) is 64.0 Å². The first kappa shape index (κ1) is 14.8. The lowest BCUT2D eigenvalue weighted by atomic mass is 10.0. The van der Waals surface area contributed by atoms with Gasteiger partial charge >= 0.3 is 0 Å². The highest BCUT2D eigenvalue weighted by Crippen LogP contribution is 2.19. The summed E-state index contributed by atoms with van der Waals surface area (Å²) in [7, 11) is 0. The van der Waals surface area contributed by atoms with Gasteiger partial charge in [0.15, 0.2) is 0 Å². The number of carbonyl (C=O) groups is 1. The van der Waals surface area contributed by atoms with Crippen LogP contribution in [0.4, 0.5) is 0 Å². The number of piperidine rings is 1. The fraction of sp³-hybridized carbons (Fsp3) is 0.933. The maximum Gasteiger partial charge on any atom is 0.236 e. The Morgan fingerprint density at radius 2 is 1.84 bits per heavy atom. The summed E-state index contributed by atoms with van der Waals surface area (Å²) in [6.45, 7) is 4.71. The standard InChI is InChI=1S/C15H28N2O2/c1-13-7-4-6-10-17(13)15(19)11-16-9-5-2-3-8-14(16)12-18/h13-14,18H,2-12H2,1H3. The van der Waals surface area contributed by atoms with Gasteiger partial charge in [-0.1, -0.05) is 12.8 Å². The summed E-state index contributed by atoms with van der Waals surface area (Å²) in [5.74, 6) is 0.257. The van der Waals surface area contributed by atoms with Crippen LogP contribution in [0.2, 0.25) is 0 Å². The quantitative estimate of drug-likeness (QED) is 0.846. The molecule has 2 atom stereocenters. The molecule has 4 nitrogen and oxygen atoms in total. The molecule has 19 heavy (non-hydrogen) atoms. The molecule has 2 heterocycles. The summed E-state index contributed by atoms with van der Waals surface area (Å²) in [5.41, 5.74) is 0. The summed E-state index contributed by atoms with van der Waals surface area (Å²) in [5, 5.41) is 9.50. The first-order valence-electron chi connectivity index (χ1n) is 7.86. The lowest BCUT2D eigenvalue weighted by Crippen LogP contribution is -2.49. The number of likely N-dealkylation sites (tertiary alicyclic amines) is 2. The van der Waals surface area contributed by atoms with Crippen LogP contribution in [0, 0.1) is 0 Å². The van der Waals surface area contributed by atoms with Crippen LogP contribution in [-0.2, 0) is 4.79 Å². The smallest absolute Gasteiger partial charge is 0.236 e. The van der Waals surface area contributed by atoms with E-state index in [0.29, 0.717) is 12.6 Å². The van der Waals surface area contributed by atoms with Crippen molar-refractivity contribution in [2.75, 3.05) is 26.2 Å². The molecule has 0 bridgehead atoms. The molecule has 2 aliphatic heterocycles. The summed E-state index contributed by atoms with van der Waals surface area (Å²) in [6, 6.07) is 0.576. The molecule has 1 amide bonds. The van der Waals surface area contributed by atoms with Gasteiger partial charge in [0.25, 0.3) is 0 Å². The Hall–Kier alpha value is -0.610. The van der Waals surface area contributed by atoms with Crippen LogP contribution in [-0.4, -0.2) is 59.1 Å². The molecule has 0 aromatic rings. The zero-order valence-electron chi connectivity index (χ0n) is 12.2. The van der Waals surface area contributed by atoms with Gasteiger partial charge in [-0.2, -0.15) is 0 Å². The Labute approximate surface area is 116 Å². The van der Waals surface area contributed by atoms with Gasteiger partial charge in [0, 0.05) is 18.6 Å². The van der Waals surface area contributed by atoms with Crippen LogP contribution in [0.3, 0.4) is 0 Å². The maximum absolute atomic E-state index is 12.5. The van der Waals surface area contributed by atoms with Crippen molar-refractivity contribution < 1.29 is 9.90 Å². The first-order valence-corrected chi connectivity index (χ1v) is 7.86. The van der Waals surface area contributed by atoms with Crippen molar-refractivity contribution in [1.82, 2.24) is 9.80 Å². The predicted octanol–water partition coefficient (Wildman–Crippen LogP) is 1.62. The Balaban J connectivity index is 1.91. The molecule has 0 saturated carbocycles. The fourth-order valence-corrected chi connectivity index (χ4v) is 3.38. The number of carbonyl (C=O) groups excluding carboxylic acids is 1. The van der Waals surface area contributed by atoms with Crippen molar-refractivity contribution >= 4 is 5.91 Å². The van der Waals surface area contributed by atoms with E-state index in [-0.39, 0.29) is 18.6 Å². The topological polar surface area (TPSA) is 43.8 Å². The number of rotatable bonds is 3. The summed E-state index contributed by atoms with van der Waals surface area (Å²) in [4.78, 5) is 16.7. The number of hydrogen-bond donors (Lipinski definition) is 1. The van der Waals surface area contributed by atoms with Gasteiger partial charge in [-0.25, -0.2) is 0 Å². The highest BCUT2D eigenvalue weighted by molar-refractivity contribution is 5.78. The van der Waals surface area contributed by atoms with Gasteiger partial charge in [0.2, 0.25) is 5.91 Å². The molecule has 0 radical (unpaired) electrons. The van der Waals surface area contributed by atoms with E-state index in [9.17, 15) is 9.90 Å². The van der Waals surface area contributed by atoms with Gasteiger partial charge in [-0.3, -0.25) is 9.69 Å². The third-order valence-electron chi connectivity index (χ3n) is 4.67. The predicted molar refractivity (Wildman–Crippen MR) is 75.9 cm³/mol. The van der Waals surface area contributed by atoms with Crippen LogP contribution in [0.25, 0.3) is 0 Å². The number of nitrogens with zero attached hydrogens (tertiary/aromatic N) is 2. The van der Waals surface area contributed by atoms with Gasteiger partial charge in [0.1, 0.15) is 0 Å². The lowest BCUT2D eigenvalue weighted by molar-refractivity contribution is -0.136. The Bertz CT molecular complexity index is 296. The number of aliphatic hydroxyl groups is 1. The molecule has 2 rings (SSSR count). The minimum atomic E-state index is 0.183. The van der Waals surface area contributed by atoms with Crippen molar-refractivity contribution in [3.05, 3.63) is 0 Å². The normalized spacial score (nSPS) is 30.1. The maximum atomic E-state index is 12.5. The van der Waals surface area contributed by atoms with Crippen LogP contribution in [0.15, 0.2) is 0 Å². The number of amides is 1. The molecule has 2 fully saturated rings. The molecule has 0 aliphatic carbocycles. The average molecular weight is 268 g/mol. The molecule has 110 valence electrons. The second-order valence-corrected chi connectivity index (χ2v) is 6.09. The van der Waals surface area contributed by atoms with Crippen LogP contribution >= 0.6 is 0 Å². The molecule has 0 spiro atoms. The van der Waals surface area contributed by atoms with Gasteiger partial charge in [-0.15, -0.1) is 0 Å². The van der Waals surface area contributed by atoms with Gasteiger partial charge < -0.3 is 10.0 Å². The molecule has 1 N–H and O–H groups in total. The van der Waals surface area contributed by atoms with E-state index in [1.807, 2.05) is 4.90 Å². The van der Waals surface area contributed by atoms with E-state index >= 15 is 0 Å². The third-order valence-corrected chi connectivity index (χ3v) is 4.67. The molecule has 2 unspecified atom stereocenters. The van der Waals surface area contributed by atoms with E-state index in [1.165, 1.54) is 19.3 Å². The number of aliphatic hydroxyl groups excluding tert-OH is 1. The largest absolute Gasteiger partial charge is 0.395 e. The summed E-state index contributed by atoms with van der Waals surface area (Å²) in [6.07, 6.45) is 8.10. The van der Waals surface area contributed by atoms with Gasteiger partial charge in [-0.05, 0) is 45.6 Å². The fourth-order valence-electron chi connectivity index (χ4n) is 3.38. The van der Waals surface area contributed by atoms with E-state index in [1.54, 1.807) is 0 Å². The summed E-state index contributed by atoms with van der Waals surface area (Å²) >= 11 is 0. The van der Waals surface area contributed by atoms with E-state index in [2.05, 4.69) is 11.8 Å². The molecule has 0 aromatic heterocycles. The van der Waals surface area contributed by atoms with Crippen molar-refractivity contribution in [3.63, 3.8) is 0 Å². The van der Waals surface area contributed by atoms with Crippen molar-refractivity contribution in [3.8, 4) is 0 Å². The monoisotopic (exact) mass is 268 g/mol. The van der Waals surface area contributed by atoms with Crippen LogP contribution < -0.4 is 0 Å². The molecule has 2 saturated heterocycles. The van der Waals surface area contributed by atoms with Gasteiger partial charge in [0.05, 0.1) is 13.2 Å². The molecular weight excluding hydrogens is 240 g/mol. The zero-order chi connectivity index (χ0) is 13.7. The SMILES string of the molecule is CC1CCCCN1C(=O)CN1CCCCCC1CO. The first-order chi connectivity index (χ1) is 9.22. The van der Waals surface area contributed by atoms with E-state index in [0.717, 1.165) is 38.8 Å². The minimum Gasteiger partial charge on any atom is -0.395 e. The number of hydrogen-bond acceptors (Lipinski definition) is 3. The Morgan fingerprint density at radius 1 is 1.11 bits per heavy atom. The van der Waals surface area contributed by atoms with E-state index in [4.69, 9.17) is 0 Å². The lowest BCUT2D eigenvalue weighted by Gasteiger charge is -2.36. The average Bonchev–Trinajstić information content (AvgIpc) is 2.64. The Morgan fingerprint density at radius 3 is 2.58 bits per heavy atom. The van der Waals surface area contributed by atoms with Crippen LogP contribution in [0.1, 0.15) is 51.9 Å². The molecule has 4 heteroatoms. The second kappa shape index (κ2) is 7.25. The second-order valence-electron chi connectivity index (χ2n) is 6.09. The summed E-state index contributed by atoms with van der Waals surface area (Å²) < 4.78 is 0. The molecule has 0 aromatic carbocycles. The van der Waals surface area contributed by atoms with Crippen molar-refractivity contribution in [2.24, 2.45) is 0 Å².